The van der Waals surface area contributed by atoms with E-state index in [1.165, 1.54) is 7.11 Å². The second kappa shape index (κ2) is 9.65. The summed E-state index contributed by atoms with van der Waals surface area (Å²) < 4.78 is 16.3. The highest BCUT2D eigenvalue weighted by molar-refractivity contribution is 9.10. The molecule has 0 aliphatic carbocycles. The number of halogens is 1. The molecule has 1 rings (SSSR count). The van der Waals surface area contributed by atoms with Crippen molar-refractivity contribution in [1.29, 1.82) is 0 Å². The zero-order valence-corrected chi connectivity index (χ0v) is 17.2. The number of benzene rings is 1. The van der Waals surface area contributed by atoms with Crippen molar-refractivity contribution in [2.45, 2.75) is 46.2 Å². The molecule has 25 heavy (non-hydrogen) atoms. The Morgan fingerprint density at radius 1 is 1.04 bits per heavy atom. The molecule has 0 heterocycles. The number of rotatable bonds is 8. The second-order valence-corrected chi connectivity index (χ2v) is 6.98. The molecule has 1 amide bonds. The van der Waals surface area contributed by atoms with Crippen molar-refractivity contribution in [3.8, 4) is 11.5 Å². The molecule has 0 aliphatic heterocycles. The fourth-order valence-electron chi connectivity index (χ4n) is 2.63. The number of hydrogen-bond donors (Lipinski definition) is 0. The smallest absolute Gasteiger partial charge is 0.310 e. The second-order valence-electron chi connectivity index (χ2n) is 6.12. The highest BCUT2D eigenvalue weighted by Gasteiger charge is 2.21. The molecule has 0 N–H and O–H groups in total. The summed E-state index contributed by atoms with van der Waals surface area (Å²) in [5.74, 6) is 0.403. The van der Waals surface area contributed by atoms with Crippen LogP contribution in [-0.4, -0.2) is 49.7 Å². The number of carbonyl (C=O) groups is 2. The molecule has 0 aliphatic rings. The molecule has 0 bridgehead atoms. The van der Waals surface area contributed by atoms with Gasteiger partial charge in [0.05, 0.1) is 20.6 Å². The van der Waals surface area contributed by atoms with Crippen LogP contribution in [0.3, 0.4) is 0 Å². The predicted molar refractivity (Wildman–Crippen MR) is 99.0 cm³/mol. The van der Waals surface area contributed by atoms with E-state index in [1.54, 1.807) is 24.1 Å². The Hall–Kier alpha value is -1.76. The van der Waals surface area contributed by atoms with Crippen LogP contribution in [0.5, 0.6) is 11.5 Å². The lowest BCUT2D eigenvalue weighted by Gasteiger charge is -2.30. The van der Waals surface area contributed by atoms with Gasteiger partial charge in [0.2, 0.25) is 0 Å². The van der Waals surface area contributed by atoms with E-state index in [2.05, 4.69) is 15.9 Å². The maximum atomic E-state index is 12.2. The predicted octanol–water partition coefficient (Wildman–Crippen LogP) is 3.20. The number of hydrogen-bond acceptors (Lipinski definition) is 5. The third kappa shape index (κ3) is 5.92. The monoisotopic (exact) mass is 415 g/mol. The average Bonchev–Trinajstić information content (AvgIpc) is 2.53. The van der Waals surface area contributed by atoms with Crippen LogP contribution in [0.15, 0.2) is 16.6 Å². The van der Waals surface area contributed by atoms with Crippen molar-refractivity contribution in [3.63, 3.8) is 0 Å². The van der Waals surface area contributed by atoms with Crippen LogP contribution < -0.4 is 9.47 Å². The van der Waals surface area contributed by atoms with Crippen molar-refractivity contribution >= 4 is 27.8 Å². The zero-order chi connectivity index (χ0) is 19.1. The molecule has 0 aromatic heterocycles. The van der Waals surface area contributed by atoms with Gasteiger partial charge in [-0.15, -0.1) is 0 Å². The maximum absolute atomic E-state index is 12.2. The number of amides is 1. The molecular formula is C18H26BrNO5. The van der Waals surface area contributed by atoms with Crippen molar-refractivity contribution in [2.75, 3.05) is 20.8 Å². The van der Waals surface area contributed by atoms with Gasteiger partial charge in [-0.25, -0.2) is 0 Å². The lowest BCUT2D eigenvalue weighted by Crippen LogP contribution is -2.44. The maximum Gasteiger partial charge on any atom is 0.310 e. The lowest BCUT2D eigenvalue weighted by molar-refractivity contribution is -0.153. The quantitative estimate of drug-likeness (QED) is 0.609. The fraction of sp³-hybridized carbons (Fsp3) is 0.556. The molecular weight excluding hydrogens is 390 g/mol. The van der Waals surface area contributed by atoms with Gasteiger partial charge in [-0.3, -0.25) is 9.59 Å². The number of ether oxygens (including phenoxy) is 3. The molecule has 6 nitrogen and oxygen atoms in total. The Balaban J connectivity index is 2.73. The Morgan fingerprint density at radius 3 is 2.04 bits per heavy atom. The van der Waals surface area contributed by atoms with Crippen LogP contribution in [0, 0.1) is 0 Å². The molecule has 0 spiro atoms. The standard InChI is InChI=1S/C18H26BrNO5/c1-11(2)20(12(3)4)17(21)10-25-18(22)8-13-7-15(23-5)16(24-6)9-14(13)19/h7,9,11-12H,8,10H2,1-6H3. The van der Waals surface area contributed by atoms with Gasteiger partial charge in [0.15, 0.2) is 18.1 Å². The van der Waals surface area contributed by atoms with Crippen molar-refractivity contribution < 1.29 is 23.8 Å². The van der Waals surface area contributed by atoms with Crippen LogP contribution in [0.1, 0.15) is 33.3 Å². The topological polar surface area (TPSA) is 65.1 Å². The third-order valence-electron chi connectivity index (χ3n) is 3.64. The summed E-state index contributed by atoms with van der Waals surface area (Å²) in [6, 6.07) is 3.53. The molecule has 0 saturated carbocycles. The van der Waals surface area contributed by atoms with E-state index in [-0.39, 0.29) is 31.0 Å². The first-order valence-electron chi connectivity index (χ1n) is 8.08. The van der Waals surface area contributed by atoms with Crippen molar-refractivity contribution in [1.82, 2.24) is 4.90 Å². The van der Waals surface area contributed by atoms with Gasteiger partial charge in [0.25, 0.3) is 5.91 Å². The minimum absolute atomic E-state index is 0.0254. The summed E-state index contributed by atoms with van der Waals surface area (Å²) in [6.45, 7) is 7.46. The first kappa shape index (κ1) is 21.3. The van der Waals surface area contributed by atoms with Gasteiger partial charge >= 0.3 is 5.97 Å². The molecule has 0 atom stereocenters. The number of esters is 1. The first-order valence-corrected chi connectivity index (χ1v) is 8.87. The van der Waals surface area contributed by atoms with E-state index in [0.29, 0.717) is 21.5 Å². The fourth-order valence-corrected chi connectivity index (χ4v) is 3.09. The highest BCUT2D eigenvalue weighted by Crippen LogP contribution is 2.33. The molecule has 0 unspecified atom stereocenters. The van der Waals surface area contributed by atoms with Crippen LogP contribution in [-0.2, 0) is 20.7 Å². The molecule has 1 aromatic rings. The summed E-state index contributed by atoms with van der Waals surface area (Å²) in [6.07, 6.45) is 0.0254. The largest absolute Gasteiger partial charge is 0.493 e. The number of nitrogens with zero attached hydrogens (tertiary/aromatic N) is 1. The highest BCUT2D eigenvalue weighted by atomic mass is 79.9. The van der Waals surface area contributed by atoms with Gasteiger partial charge < -0.3 is 19.1 Å². The normalized spacial score (nSPS) is 10.8. The summed E-state index contributed by atoms with van der Waals surface area (Å²) >= 11 is 3.40. The number of methoxy groups -OCH3 is 2. The zero-order valence-electron chi connectivity index (χ0n) is 15.6. The van der Waals surface area contributed by atoms with Gasteiger partial charge in [-0.05, 0) is 45.4 Å². The Kier molecular flexibility index (Phi) is 8.22. The van der Waals surface area contributed by atoms with E-state index in [1.807, 2.05) is 27.7 Å². The van der Waals surface area contributed by atoms with E-state index >= 15 is 0 Å². The Labute approximate surface area is 157 Å². The van der Waals surface area contributed by atoms with Gasteiger partial charge in [0, 0.05) is 16.6 Å². The minimum Gasteiger partial charge on any atom is -0.493 e. The SMILES string of the molecule is COc1cc(Br)c(CC(=O)OCC(=O)N(C(C)C)C(C)C)cc1OC. The van der Waals surface area contributed by atoms with Crippen molar-refractivity contribution in [2.24, 2.45) is 0 Å². The summed E-state index contributed by atoms with van der Waals surface area (Å²) in [4.78, 5) is 26.0. The van der Waals surface area contributed by atoms with E-state index in [4.69, 9.17) is 14.2 Å². The van der Waals surface area contributed by atoms with Crippen LogP contribution >= 0.6 is 15.9 Å². The van der Waals surface area contributed by atoms with Crippen LogP contribution in [0.2, 0.25) is 0 Å². The average molecular weight is 416 g/mol. The summed E-state index contributed by atoms with van der Waals surface area (Å²) in [7, 11) is 3.07. The Morgan fingerprint density at radius 2 is 1.56 bits per heavy atom. The van der Waals surface area contributed by atoms with E-state index < -0.39 is 5.97 Å². The Bertz CT molecular complexity index is 608. The molecule has 1 aromatic carbocycles. The van der Waals surface area contributed by atoms with Gasteiger partial charge in [0.1, 0.15) is 0 Å². The van der Waals surface area contributed by atoms with Crippen LogP contribution in [0.4, 0.5) is 0 Å². The van der Waals surface area contributed by atoms with Crippen molar-refractivity contribution in [3.05, 3.63) is 22.2 Å². The summed E-state index contributed by atoms with van der Waals surface area (Å²) in [5, 5.41) is 0. The van der Waals surface area contributed by atoms with E-state index in [9.17, 15) is 9.59 Å². The van der Waals surface area contributed by atoms with Gasteiger partial charge in [-0.2, -0.15) is 0 Å². The summed E-state index contributed by atoms with van der Waals surface area (Å²) in [5.41, 5.74) is 0.694. The van der Waals surface area contributed by atoms with Crippen LogP contribution in [0.25, 0.3) is 0 Å². The lowest BCUT2D eigenvalue weighted by atomic mass is 10.1. The molecule has 0 radical (unpaired) electrons. The third-order valence-corrected chi connectivity index (χ3v) is 4.38. The van der Waals surface area contributed by atoms with Gasteiger partial charge in [-0.1, -0.05) is 15.9 Å². The molecule has 140 valence electrons. The number of carbonyl (C=O) groups excluding carboxylic acids is 2. The van der Waals surface area contributed by atoms with E-state index in [0.717, 1.165) is 0 Å². The molecule has 0 saturated heterocycles. The minimum atomic E-state index is -0.478. The molecule has 7 heteroatoms. The molecule has 0 fully saturated rings. The first-order chi connectivity index (χ1) is 11.7.